The van der Waals surface area contributed by atoms with Gasteiger partial charge >= 0.3 is 0 Å². The molecule has 0 saturated carbocycles. The topological polar surface area (TPSA) is 38.7 Å². The minimum absolute atomic E-state index is 0.509. The molecule has 1 heterocycles. The van der Waals surface area contributed by atoms with Crippen LogP contribution in [0.3, 0.4) is 0 Å². The van der Waals surface area contributed by atoms with Crippen LogP contribution in [0.25, 0.3) is 0 Å². The van der Waals surface area contributed by atoms with Crippen LogP contribution >= 0.6 is 27.5 Å². The fourth-order valence-corrected chi connectivity index (χ4v) is 3.11. The Balaban J connectivity index is 2.05. The summed E-state index contributed by atoms with van der Waals surface area (Å²) in [6.45, 7) is 2.96. The van der Waals surface area contributed by atoms with E-state index in [2.05, 4.69) is 15.9 Å². The van der Waals surface area contributed by atoms with Crippen LogP contribution in [0.15, 0.2) is 34.8 Å². The van der Waals surface area contributed by atoms with E-state index in [0.717, 1.165) is 10.0 Å². The minimum atomic E-state index is -0.831. The number of aryl methyl sites for hydroxylation is 1. The molecule has 0 bridgehead atoms. The number of benzene rings is 2. The van der Waals surface area contributed by atoms with Gasteiger partial charge in [-0.2, -0.15) is 0 Å². The summed E-state index contributed by atoms with van der Waals surface area (Å²) in [7, 11) is 0. The van der Waals surface area contributed by atoms with E-state index in [0.29, 0.717) is 40.9 Å². The third-order valence-corrected chi connectivity index (χ3v) is 4.68. The predicted octanol–water partition coefficient (Wildman–Crippen LogP) is 4.26. The molecule has 0 saturated heterocycles. The first-order chi connectivity index (χ1) is 10.1. The maximum atomic E-state index is 10.7. The van der Waals surface area contributed by atoms with Crippen molar-refractivity contribution in [2.24, 2.45) is 0 Å². The van der Waals surface area contributed by atoms with Gasteiger partial charge in [0, 0.05) is 20.6 Å². The van der Waals surface area contributed by atoms with Crippen molar-refractivity contribution in [2.45, 2.75) is 13.0 Å². The fourth-order valence-electron chi connectivity index (χ4n) is 2.34. The normalized spacial score (nSPS) is 14.9. The molecule has 0 radical (unpaired) electrons. The van der Waals surface area contributed by atoms with Crippen molar-refractivity contribution in [1.29, 1.82) is 0 Å². The zero-order chi connectivity index (χ0) is 15.0. The molecular weight excluding hydrogens is 356 g/mol. The zero-order valence-electron chi connectivity index (χ0n) is 11.4. The van der Waals surface area contributed by atoms with Gasteiger partial charge in [0.25, 0.3) is 0 Å². The zero-order valence-corrected chi connectivity index (χ0v) is 13.7. The Labute approximate surface area is 136 Å². The van der Waals surface area contributed by atoms with Crippen molar-refractivity contribution in [3.05, 3.63) is 56.5 Å². The van der Waals surface area contributed by atoms with Crippen LogP contribution in [0.5, 0.6) is 11.5 Å². The summed E-state index contributed by atoms with van der Waals surface area (Å²) in [4.78, 5) is 0. The molecule has 3 rings (SSSR count). The van der Waals surface area contributed by atoms with Crippen molar-refractivity contribution in [3.63, 3.8) is 0 Å². The Bertz CT molecular complexity index is 687. The third-order valence-electron chi connectivity index (χ3n) is 3.47. The summed E-state index contributed by atoms with van der Waals surface area (Å²) in [6, 6.07) is 9.23. The smallest absolute Gasteiger partial charge is 0.162 e. The largest absolute Gasteiger partial charge is 0.486 e. The Morgan fingerprint density at radius 1 is 1.14 bits per heavy atom. The van der Waals surface area contributed by atoms with Gasteiger partial charge in [0.05, 0.1) is 0 Å². The first-order valence-electron chi connectivity index (χ1n) is 6.60. The molecule has 2 aromatic rings. The van der Waals surface area contributed by atoms with E-state index in [1.54, 1.807) is 6.07 Å². The SMILES string of the molecule is Cc1cccc(C(O)c2cc3c(cc2Br)OCCO3)c1Cl. The molecule has 2 aromatic carbocycles. The quantitative estimate of drug-likeness (QED) is 0.859. The van der Waals surface area contributed by atoms with E-state index in [4.69, 9.17) is 21.1 Å². The number of aliphatic hydroxyl groups excluding tert-OH is 1. The average molecular weight is 370 g/mol. The van der Waals surface area contributed by atoms with Crippen molar-refractivity contribution in [2.75, 3.05) is 13.2 Å². The van der Waals surface area contributed by atoms with Gasteiger partial charge in [-0.15, -0.1) is 0 Å². The molecule has 1 unspecified atom stereocenters. The molecule has 21 heavy (non-hydrogen) atoms. The average Bonchev–Trinajstić information content (AvgIpc) is 2.48. The second-order valence-corrected chi connectivity index (χ2v) is 6.13. The highest BCUT2D eigenvalue weighted by molar-refractivity contribution is 9.10. The number of rotatable bonds is 2. The van der Waals surface area contributed by atoms with Crippen LogP contribution in [-0.2, 0) is 0 Å². The van der Waals surface area contributed by atoms with E-state index in [-0.39, 0.29) is 0 Å². The lowest BCUT2D eigenvalue weighted by Gasteiger charge is -2.22. The van der Waals surface area contributed by atoms with Gasteiger partial charge in [0.15, 0.2) is 11.5 Å². The molecule has 1 atom stereocenters. The van der Waals surface area contributed by atoms with Gasteiger partial charge in [0.2, 0.25) is 0 Å². The lowest BCUT2D eigenvalue weighted by Crippen LogP contribution is -2.16. The monoisotopic (exact) mass is 368 g/mol. The molecule has 1 N–H and O–H groups in total. The molecule has 1 aliphatic rings. The van der Waals surface area contributed by atoms with Crippen molar-refractivity contribution < 1.29 is 14.6 Å². The van der Waals surface area contributed by atoms with Gasteiger partial charge in [0.1, 0.15) is 19.3 Å². The first-order valence-corrected chi connectivity index (χ1v) is 7.77. The molecule has 0 aromatic heterocycles. The van der Waals surface area contributed by atoms with Crippen LogP contribution in [0, 0.1) is 6.92 Å². The standard InChI is InChI=1S/C16H14BrClO3/c1-9-3-2-4-10(15(9)18)16(19)11-7-13-14(8-12(11)17)21-6-5-20-13/h2-4,7-8,16,19H,5-6H2,1H3. The molecule has 0 spiro atoms. The van der Waals surface area contributed by atoms with Crippen molar-refractivity contribution in [3.8, 4) is 11.5 Å². The highest BCUT2D eigenvalue weighted by Crippen LogP contribution is 2.40. The molecule has 0 fully saturated rings. The summed E-state index contributed by atoms with van der Waals surface area (Å²) in [5.74, 6) is 1.32. The van der Waals surface area contributed by atoms with E-state index < -0.39 is 6.10 Å². The Hall–Kier alpha value is -1.23. The van der Waals surface area contributed by atoms with Crippen LogP contribution in [0.1, 0.15) is 22.8 Å². The van der Waals surface area contributed by atoms with Gasteiger partial charge < -0.3 is 14.6 Å². The van der Waals surface area contributed by atoms with Crippen LogP contribution in [0.4, 0.5) is 0 Å². The molecule has 110 valence electrons. The van der Waals surface area contributed by atoms with Crippen molar-refractivity contribution in [1.82, 2.24) is 0 Å². The second-order valence-electron chi connectivity index (χ2n) is 4.90. The van der Waals surface area contributed by atoms with E-state index in [1.807, 2.05) is 31.2 Å². The summed E-state index contributed by atoms with van der Waals surface area (Å²) in [6.07, 6.45) is -0.831. The van der Waals surface area contributed by atoms with Gasteiger partial charge in [-0.05, 0) is 24.6 Å². The molecule has 5 heteroatoms. The molecule has 0 aliphatic carbocycles. The number of hydrogen-bond acceptors (Lipinski definition) is 3. The third kappa shape index (κ3) is 2.76. The van der Waals surface area contributed by atoms with E-state index in [1.165, 1.54) is 0 Å². The summed E-state index contributed by atoms with van der Waals surface area (Å²) < 4.78 is 11.9. The molecule has 0 amide bonds. The Morgan fingerprint density at radius 2 is 1.81 bits per heavy atom. The van der Waals surface area contributed by atoms with E-state index in [9.17, 15) is 5.11 Å². The first kappa shape index (κ1) is 14.7. The van der Waals surface area contributed by atoms with Crippen LogP contribution in [0.2, 0.25) is 5.02 Å². The molecular formula is C16H14BrClO3. The molecule has 1 aliphatic heterocycles. The highest BCUT2D eigenvalue weighted by Gasteiger charge is 2.22. The highest BCUT2D eigenvalue weighted by atomic mass is 79.9. The maximum Gasteiger partial charge on any atom is 0.162 e. The summed E-state index contributed by atoms with van der Waals surface area (Å²) in [5, 5.41) is 11.2. The predicted molar refractivity (Wildman–Crippen MR) is 85.4 cm³/mol. The number of ether oxygens (including phenoxy) is 2. The van der Waals surface area contributed by atoms with Crippen LogP contribution in [-0.4, -0.2) is 18.3 Å². The number of aliphatic hydroxyl groups is 1. The number of halogens is 2. The number of fused-ring (bicyclic) bond motifs is 1. The van der Waals surface area contributed by atoms with Gasteiger partial charge in [-0.1, -0.05) is 45.7 Å². The maximum absolute atomic E-state index is 10.7. The van der Waals surface area contributed by atoms with Gasteiger partial charge in [-0.25, -0.2) is 0 Å². The lowest BCUT2D eigenvalue weighted by molar-refractivity contribution is 0.169. The molecule has 3 nitrogen and oxygen atoms in total. The second kappa shape index (κ2) is 5.87. The summed E-state index contributed by atoms with van der Waals surface area (Å²) >= 11 is 9.78. The van der Waals surface area contributed by atoms with Gasteiger partial charge in [-0.3, -0.25) is 0 Å². The van der Waals surface area contributed by atoms with Crippen molar-refractivity contribution >= 4 is 27.5 Å². The minimum Gasteiger partial charge on any atom is -0.486 e. The Kier molecular flexibility index (Phi) is 4.11. The van der Waals surface area contributed by atoms with Crippen LogP contribution < -0.4 is 9.47 Å². The summed E-state index contributed by atoms with van der Waals surface area (Å²) in [5.41, 5.74) is 2.31. The number of hydrogen-bond donors (Lipinski definition) is 1. The fraction of sp³-hybridized carbons (Fsp3) is 0.250. The van der Waals surface area contributed by atoms with E-state index >= 15 is 0 Å². The lowest BCUT2D eigenvalue weighted by atomic mass is 9.99. The Morgan fingerprint density at radius 3 is 2.52 bits per heavy atom.